The number of aromatic nitrogens is 1. The van der Waals surface area contributed by atoms with Gasteiger partial charge in [-0.25, -0.2) is 4.98 Å². The van der Waals surface area contributed by atoms with E-state index in [4.69, 9.17) is 9.72 Å². The summed E-state index contributed by atoms with van der Waals surface area (Å²) in [6.07, 6.45) is 0. The maximum absolute atomic E-state index is 5.83. The van der Waals surface area contributed by atoms with Gasteiger partial charge < -0.3 is 4.74 Å². The zero-order valence-electron chi connectivity index (χ0n) is 13.4. The molecular weight excluding hydrogens is 294 g/mol. The van der Waals surface area contributed by atoms with Crippen molar-refractivity contribution < 1.29 is 4.74 Å². The van der Waals surface area contributed by atoms with Crippen molar-refractivity contribution >= 4 is 10.9 Å². The summed E-state index contributed by atoms with van der Waals surface area (Å²) < 4.78 is 5.83. The number of pyridine rings is 1. The molecular formula is C22H17NO. The van der Waals surface area contributed by atoms with Gasteiger partial charge in [0, 0.05) is 16.5 Å². The fraction of sp³-hybridized carbons (Fsp3) is 0.0455. The van der Waals surface area contributed by atoms with E-state index in [2.05, 4.69) is 30.3 Å². The molecule has 3 aromatic carbocycles. The van der Waals surface area contributed by atoms with Crippen LogP contribution in [0, 0.1) is 0 Å². The predicted molar refractivity (Wildman–Crippen MR) is 99.2 cm³/mol. The van der Waals surface area contributed by atoms with Gasteiger partial charge in [-0.2, -0.15) is 0 Å². The van der Waals surface area contributed by atoms with Crippen LogP contribution in [0.4, 0.5) is 0 Å². The number of benzene rings is 3. The van der Waals surface area contributed by atoms with E-state index in [0.717, 1.165) is 39.0 Å². The molecule has 0 spiro atoms. The van der Waals surface area contributed by atoms with Gasteiger partial charge in [-0.15, -0.1) is 0 Å². The van der Waals surface area contributed by atoms with Crippen molar-refractivity contribution in [3.05, 3.63) is 84.9 Å². The molecule has 0 atom stereocenters. The third-order valence-corrected chi connectivity index (χ3v) is 4.16. The Morgan fingerprint density at radius 3 is 1.92 bits per heavy atom. The molecule has 0 saturated heterocycles. The molecule has 0 amide bonds. The molecule has 0 aliphatic carbocycles. The number of ether oxygens (including phenoxy) is 1. The lowest BCUT2D eigenvalue weighted by Crippen LogP contribution is -1.97. The first-order chi connectivity index (χ1) is 11.9. The Kier molecular flexibility index (Phi) is 3.72. The molecule has 0 aliphatic heterocycles. The Labute approximate surface area is 141 Å². The molecule has 4 aromatic rings. The minimum absolute atomic E-state index is 0.811. The van der Waals surface area contributed by atoms with E-state index in [0.29, 0.717) is 0 Å². The standard InChI is InChI=1S/C22H17NO/c1-24-22-20(16-10-4-2-5-11-16)18-14-8-9-15-19(18)23-21(22)17-12-6-3-7-13-17/h2-15H,1H3. The second-order valence-corrected chi connectivity index (χ2v) is 5.62. The van der Waals surface area contributed by atoms with Gasteiger partial charge in [0.2, 0.25) is 0 Å². The minimum atomic E-state index is 0.811. The van der Waals surface area contributed by atoms with E-state index >= 15 is 0 Å². The molecule has 0 aliphatic rings. The fourth-order valence-corrected chi connectivity index (χ4v) is 3.08. The molecule has 0 bridgehead atoms. The smallest absolute Gasteiger partial charge is 0.153 e. The second kappa shape index (κ2) is 6.17. The number of hydrogen-bond donors (Lipinski definition) is 0. The highest BCUT2D eigenvalue weighted by Crippen LogP contribution is 2.42. The van der Waals surface area contributed by atoms with Crippen molar-refractivity contribution in [2.24, 2.45) is 0 Å². The van der Waals surface area contributed by atoms with Crippen LogP contribution >= 0.6 is 0 Å². The van der Waals surface area contributed by atoms with E-state index < -0.39 is 0 Å². The summed E-state index contributed by atoms with van der Waals surface area (Å²) in [5, 5.41) is 1.10. The number of hydrogen-bond acceptors (Lipinski definition) is 2. The highest BCUT2D eigenvalue weighted by Gasteiger charge is 2.18. The zero-order chi connectivity index (χ0) is 16.4. The number of rotatable bonds is 3. The topological polar surface area (TPSA) is 22.1 Å². The van der Waals surface area contributed by atoms with Crippen molar-refractivity contribution in [2.75, 3.05) is 7.11 Å². The highest BCUT2D eigenvalue weighted by atomic mass is 16.5. The fourth-order valence-electron chi connectivity index (χ4n) is 3.08. The Hall–Kier alpha value is -3.13. The summed E-state index contributed by atoms with van der Waals surface area (Å²) in [6, 6.07) is 28.7. The van der Waals surface area contributed by atoms with Crippen LogP contribution in [-0.2, 0) is 0 Å². The van der Waals surface area contributed by atoms with Gasteiger partial charge in [-0.3, -0.25) is 0 Å². The first kappa shape index (κ1) is 14.5. The molecule has 2 nitrogen and oxygen atoms in total. The zero-order valence-corrected chi connectivity index (χ0v) is 13.4. The molecule has 2 heteroatoms. The molecule has 0 N–H and O–H groups in total. The molecule has 0 saturated carbocycles. The molecule has 1 aromatic heterocycles. The Balaban J connectivity index is 2.12. The van der Waals surface area contributed by atoms with Gasteiger partial charge >= 0.3 is 0 Å². The van der Waals surface area contributed by atoms with Crippen LogP contribution in [0.15, 0.2) is 84.9 Å². The first-order valence-corrected chi connectivity index (χ1v) is 7.96. The van der Waals surface area contributed by atoms with E-state index in [1.54, 1.807) is 7.11 Å². The summed E-state index contributed by atoms with van der Waals surface area (Å²) in [5.74, 6) is 0.811. The second-order valence-electron chi connectivity index (χ2n) is 5.62. The van der Waals surface area contributed by atoms with Crippen LogP contribution in [0.25, 0.3) is 33.3 Å². The van der Waals surface area contributed by atoms with E-state index in [1.807, 2.05) is 54.6 Å². The van der Waals surface area contributed by atoms with Crippen molar-refractivity contribution in [1.29, 1.82) is 0 Å². The number of methoxy groups -OCH3 is 1. The molecule has 0 unspecified atom stereocenters. The van der Waals surface area contributed by atoms with Crippen molar-refractivity contribution in [2.45, 2.75) is 0 Å². The highest BCUT2D eigenvalue weighted by molar-refractivity contribution is 6.01. The van der Waals surface area contributed by atoms with Crippen LogP contribution in [0.2, 0.25) is 0 Å². The SMILES string of the molecule is COc1c(-c2ccccc2)nc2ccccc2c1-c1ccccc1. The maximum atomic E-state index is 5.83. The summed E-state index contributed by atoms with van der Waals surface area (Å²) in [7, 11) is 1.71. The van der Waals surface area contributed by atoms with Gasteiger partial charge in [-0.1, -0.05) is 78.9 Å². The third-order valence-electron chi connectivity index (χ3n) is 4.16. The Morgan fingerprint density at radius 2 is 1.25 bits per heavy atom. The Bertz CT molecular complexity index is 979. The van der Waals surface area contributed by atoms with Crippen molar-refractivity contribution in [1.82, 2.24) is 4.98 Å². The molecule has 1 heterocycles. The number of nitrogens with zero attached hydrogens (tertiary/aromatic N) is 1. The molecule has 0 fully saturated rings. The average Bonchev–Trinajstić information content (AvgIpc) is 2.67. The van der Waals surface area contributed by atoms with Gasteiger partial charge in [-0.05, 0) is 11.6 Å². The number of para-hydroxylation sites is 1. The van der Waals surface area contributed by atoms with Crippen LogP contribution in [0.5, 0.6) is 5.75 Å². The summed E-state index contributed by atoms with van der Waals surface area (Å²) in [5.41, 5.74) is 5.11. The molecule has 0 radical (unpaired) electrons. The maximum Gasteiger partial charge on any atom is 0.153 e. The predicted octanol–water partition coefficient (Wildman–Crippen LogP) is 5.58. The van der Waals surface area contributed by atoms with Crippen LogP contribution < -0.4 is 4.74 Å². The summed E-state index contributed by atoms with van der Waals surface area (Å²) >= 11 is 0. The van der Waals surface area contributed by atoms with E-state index in [-0.39, 0.29) is 0 Å². The summed E-state index contributed by atoms with van der Waals surface area (Å²) in [6.45, 7) is 0. The largest absolute Gasteiger partial charge is 0.494 e. The van der Waals surface area contributed by atoms with Crippen LogP contribution in [0.1, 0.15) is 0 Å². The lowest BCUT2D eigenvalue weighted by atomic mass is 9.97. The normalized spacial score (nSPS) is 10.7. The van der Waals surface area contributed by atoms with Gasteiger partial charge in [0.25, 0.3) is 0 Å². The van der Waals surface area contributed by atoms with Crippen LogP contribution in [-0.4, -0.2) is 12.1 Å². The van der Waals surface area contributed by atoms with Crippen molar-refractivity contribution in [3.8, 4) is 28.1 Å². The quantitative estimate of drug-likeness (QED) is 0.493. The first-order valence-electron chi connectivity index (χ1n) is 7.96. The monoisotopic (exact) mass is 311 g/mol. The van der Waals surface area contributed by atoms with Gasteiger partial charge in [0.05, 0.1) is 12.6 Å². The van der Waals surface area contributed by atoms with Crippen LogP contribution in [0.3, 0.4) is 0 Å². The van der Waals surface area contributed by atoms with E-state index in [1.165, 1.54) is 0 Å². The molecule has 24 heavy (non-hydrogen) atoms. The van der Waals surface area contributed by atoms with Crippen molar-refractivity contribution in [3.63, 3.8) is 0 Å². The Morgan fingerprint density at radius 1 is 0.667 bits per heavy atom. The third kappa shape index (κ3) is 2.42. The molecule has 116 valence electrons. The minimum Gasteiger partial charge on any atom is -0.494 e. The van der Waals surface area contributed by atoms with E-state index in [9.17, 15) is 0 Å². The van der Waals surface area contributed by atoms with Gasteiger partial charge in [0.15, 0.2) is 5.75 Å². The lowest BCUT2D eigenvalue weighted by Gasteiger charge is -2.16. The van der Waals surface area contributed by atoms with Gasteiger partial charge in [0.1, 0.15) is 5.69 Å². The molecule has 4 rings (SSSR count). The number of fused-ring (bicyclic) bond motifs is 1. The lowest BCUT2D eigenvalue weighted by molar-refractivity contribution is 0.417. The average molecular weight is 311 g/mol. The summed E-state index contributed by atoms with van der Waals surface area (Å²) in [4.78, 5) is 4.88.